The van der Waals surface area contributed by atoms with Crippen LogP contribution in [0.5, 0.6) is 5.75 Å². The fraction of sp³-hybridized carbons (Fsp3) is 0.622. The maximum Gasteiger partial charge on any atom is 0.240 e. The van der Waals surface area contributed by atoms with Gasteiger partial charge in [0.05, 0.1) is 25.9 Å². The van der Waals surface area contributed by atoms with E-state index in [-0.39, 0.29) is 30.9 Å². The highest BCUT2D eigenvalue weighted by atomic mass is 16.7. The van der Waals surface area contributed by atoms with Gasteiger partial charge < -0.3 is 30.7 Å². The molecule has 1 saturated heterocycles. The third-order valence-electron chi connectivity index (χ3n) is 11.5. The molecule has 6 rings (SSSR count). The Morgan fingerprint density at radius 3 is 2.49 bits per heavy atom. The first-order valence-corrected chi connectivity index (χ1v) is 17.0. The molecule has 0 aromatic heterocycles. The Morgan fingerprint density at radius 1 is 1.19 bits per heavy atom. The lowest BCUT2D eigenvalue weighted by Crippen LogP contribution is -2.62. The average Bonchev–Trinajstić information content (AvgIpc) is 3.40. The van der Waals surface area contributed by atoms with Crippen LogP contribution in [0.2, 0.25) is 0 Å². The number of nitrogens with two attached hydrogens (primary N) is 1. The first-order chi connectivity index (χ1) is 22.2. The number of rotatable bonds is 11. The summed E-state index contributed by atoms with van der Waals surface area (Å²) in [7, 11) is 7.43. The van der Waals surface area contributed by atoms with Gasteiger partial charge in [0.2, 0.25) is 11.8 Å². The highest BCUT2D eigenvalue weighted by molar-refractivity contribution is 5.83. The summed E-state index contributed by atoms with van der Waals surface area (Å²) in [6, 6.07) is 11.6. The smallest absolute Gasteiger partial charge is 0.240 e. The van der Waals surface area contributed by atoms with Crippen molar-refractivity contribution in [2.45, 2.75) is 84.8 Å². The van der Waals surface area contributed by atoms with E-state index in [0.717, 1.165) is 34.4 Å². The maximum atomic E-state index is 14.2. The molecule has 47 heavy (non-hydrogen) atoms. The average molecular weight is 650 g/mol. The maximum absolute atomic E-state index is 14.2. The molecular formula is C37H55N5O5. The lowest BCUT2D eigenvalue weighted by molar-refractivity contribution is -0.175. The Morgan fingerprint density at radius 2 is 1.91 bits per heavy atom. The fourth-order valence-electron chi connectivity index (χ4n) is 8.44. The lowest BCUT2D eigenvalue weighted by atomic mass is 9.45. The minimum absolute atomic E-state index is 0.00421. The van der Waals surface area contributed by atoms with Crippen LogP contribution in [0.15, 0.2) is 36.4 Å². The van der Waals surface area contributed by atoms with E-state index in [2.05, 4.69) is 44.3 Å². The van der Waals surface area contributed by atoms with Crippen molar-refractivity contribution in [2.75, 3.05) is 39.7 Å². The van der Waals surface area contributed by atoms with Crippen molar-refractivity contribution in [3.8, 4) is 16.9 Å². The molecule has 258 valence electrons. The molecule has 10 heteroatoms. The van der Waals surface area contributed by atoms with Crippen LogP contribution in [0, 0.1) is 29.1 Å². The molecule has 2 aromatic carbocycles. The molecule has 8 atom stereocenters. The molecule has 2 bridgehead atoms. The van der Waals surface area contributed by atoms with Crippen molar-refractivity contribution in [3.05, 3.63) is 47.5 Å². The number of aliphatic hydroxyl groups is 1. The molecule has 3 saturated carbocycles. The summed E-state index contributed by atoms with van der Waals surface area (Å²) in [4.78, 5) is 36.3. The van der Waals surface area contributed by atoms with Crippen molar-refractivity contribution >= 4 is 17.5 Å². The summed E-state index contributed by atoms with van der Waals surface area (Å²) in [6.07, 6.45) is 0.894. The van der Waals surface area contributed by atoms with Gasteiger partial charge in [-0.15, -0.1) is 0 Å². The highest BCUT2D eigenvalue weighted by Gasteiger charge is 2.57. The number of ether oxygens (including phenoxy) is 1. The molecule has 0 spiro atoms. The first kappa shape index (κ1) is 35.1. The van der Waals surface area contributed by atoms with Crippen LogP contribution in [-0.4, -0.2) is 86.0 Å². The second kappa shape index (κ2) is 13.7. The Labute approximate surface area is 280 Å². The topological polar surface area (TPSA) is 121 Å². The number of para-hydroxylation sites is 1. The van der Waals surface area contributed by atoms with Crippen LogP contribution < -0.4 is 20.7 Å². The number of carbonyl (C=O) groups is 2. The largest absolute Gasteiger partial charge is 0.496 e. The molecule has 1 heterocycles. The Kier molecular flexibility index (Phi) is 10.3. The standard InChI is InChI=1S/C37H55N5O5/c1-21-30-16-27(37(30,4)5)17-31(21)39-36(45)34-33(22(2)43)32(18-38)47-42(34)20-25-11-10-12-29(35(25)46-9)26-13-24(19-41(8)23(3)44)14-28(15-26)40(6)7/h10-15,21-22,27,30-34,43H,16-20,38H2,1-9H3,(H,39,45)/t21-,22-,27-,30-,31-,32-,33-,34-/m0/s1. The van der Waals surface area contributed by atoms with Gasteiger partial charge >= 0.3 is 0 Å². The van der Waals surface area contributed by atoms with E-state index in [1.54, 1.807) is 38.0 Å². The summed E-state index contributed by atoms with van der Waals surface area (Å²) < 4.78 is 6.06. The summed E-state index contributed by atoms with van der Waals surface area (Å²) in [5.41, 5.74) is 11.2. The van der Waals surface area contributed by atoms with Gasteiger partial charge in [0.25, 0.3) is 0 Å². The molecule has 2 aromatic rings. The van der Waals surface area contributed by atoms with Crippen molar-refractivity contribution in [1.29, 1.82) is 0 Å². The predicted molar refractivity (Wildman–Crippen MR) is 184 cm³/mol. The number of hydrogen-bond acceptors (Lipinski definition) is 8. The number of fused-ring (bicyclic) bond motifs is 2. The number of benzene rings is 2. The van der Waals surface area contributed by atoms with Crippen molar-refractivity contribution in [2.24, 2.45) is 34.8 Å². The highest BCUT2D eigenvalue weighted by Crippen LogP contribution is 2.61. The van der Waals surface area contributed by atoms with Crippen LogP contribution >= 0.6 is 0 Å². The van der Waals surface area contributed by atoms with Crippen molar-refractivity contribution in [1.82, 2.24) is 15.3 Å². The first-order valence-electron chi connectivity index (χ1n) is 17.0. The van der Waals surface area contributed by atoms with Gasteiger partial charge in [0.1, 0.15) is 11.8 Å². The van der Waals surface area contributed by atoms with E-state index in [1.807, 2.05) is 37.2 Å². The number of carbonyl (C=O) groups excluding carboxylic acids is 2. The lowest BCUT2D eigenvalue weighted by Gasteiger charge is -2.62. The molecule has 0 unspecified atom stereocenters. The molecular weight excluding hydrogens is 594 g/mol. The van der Waals surface area contributed by atoms with Crippen LogP contribution in [0.3, 0.4) is 0 Å². The summed E-state index contributed by atoms with van der Waals surface area (Å²) in [6.45, 7) is 11.2. The number of anilines is 1. The Bertz CT molecular complexity index is 1460. The molecule has 10 nitrogen and oxygen atoms in total. The zero-order chi connectivity index (χ0) is 34.4. The molecule has 3 aliphatic carbocycles. The number of hydrogen-bond donors (Lipinski definition) is 3. The van der Waals surface area contributed by atoms with Gasteiger partial charge in [-0.2, -0.15) is 5.06 Å². The number of amides is 2. The summed E-state index contributed by atoms with van der Waals surface area (Å²) >= 11 is 0. The van der Waals surface area contributed by atoms with Crippen LogP contribution in [-0.2, 0) is 27.5 Å². The van der Waals surface area contributed by atoms with Crippen molar-refractivity contribution in [3.63, 3.8) is 0 Å². The van der Waals surface area contributed by atoms with E-state index >= 15 is 0 Å². The normalized spacial score (nSPS) is 28.7. The third-order valence-corrected chi connectivity index (χ3v) is 11.5. The van der Waals surface area contributed by atoms with Gasteiger partial charge in [-0.05, 0) is 72.3 Å². The van der Waals surface area contributed by atoms with E-state index in [4.69, 9.17) is 15.3 Å². The number of methoxy groups -OCH3 is 1. The monoisotopic (exact) mass is 649 g/mol. The molecule has 0 radical (unpaired) electrons. The number of nitrogens with one attached hydrogen (secondary N) is 1. The number of hydroxylamine groups is 2. The van der Waals surface area contributed by atoms with E-state index in [1.165, 1.54) is 6.42 Å². The van der Waals surface area contributed by atoms with Gasteiger partial charge in [-0.1, -0.05) is 39.0 Å². The van der Waals surface area contributed by atoms with Crippen molar-refractivity contribution < 1.29 is 24.3 Å². The SMILES string of the molecule is COc1c(CN2O[C@@H](CN)[C@H]([C@H](C)O)[C@H]2C(=O)N[C@H]2C[C@@H]3C[C@@H]([C@@H]2C)C3(C)C)cccc1-c1cc(CN(C)C(C)=O)cc(N(C)C)c1. The van der Waals surface area contributed by atoms with Crippen LogP contribution in [0.4, 0.5) is 5.69 Å². The minimum Gasteiger partial charge on any atom is -0.496 e. The molecule has 4 fully saturated rings. The van der Waals surface area contributed by atoms with E-state index in [0.29, 0.717) is 35.5 Å². The molecule has 4 N–H and O–H groups in total. The zero-order valence-electron chi connectivity index (χ0n) is 29.6. The predicted octanol–water partition coefficient (Wildman–Crippen LogP) is 4.03. The van der Waals surface area contributed by atoms with Gasteiger partial charge in [0, 0.05) is 69.9 Å². The molecule has 2 amide bonds. The number of aliphatic hydroxyl groups excluding tert-OH is 1. The Hall–Kier alpha value is -3.18. The summed E-state index contributed by atoms with van der Waals surface area (Å²) in [5, 5.41) is 16.0. The fourth-order valence-corrected chi connectivity index (χ4v) is 8.44. The van der Waals surface area contributed by atoms with Crippen LogP contribution in [0.25, 0.3) is 11.1 Å². The van der Waals surface area contributed by atoms with E-state index < -0.39 is 24.2 Å². The van der Waals surface area contributed by atoms with Crippen LogP contribution in [0.1, 0.15) is 58.6 Å². The second-order valence-corrected chi connectivity index (χ2v) is 14.9. The quantitative estimate of drug-likeness (QED) is 0.334. The third kappa shape index (κ3) is 6.75. The minimum atomic E-state index is -0.797. The second-order valence-electron chi connectivity index (χ2n) is 14.9. The van der Waals surface area contributed by atoms with E-state index in [9.17, 15) is 14.7 Å². The molecule has 4 aliphatic rings. The van der Waals surface area contributed by atoms with Gasteiger partial charge in [-0.3, -0.25) is 14.4 Å². The number of nitrogens with zero attached hydrogens (tertiary/aromatic N) is 3. The van der Waals surface area contributed by atoms with Gasteiger partial charge in [0.15, 0.2) is 0 Å². The Balaban J connectivity index is 1.46. The summed E-state index contributed by atoms with van der Waals surface area (Å²) in [5.74, 6) is 1.62. The van der Waals surface area contributed by atoms with Gasteiger partial charge in [-0.25, -0.2) is 0 Å². The zero-order valence-corrected chi connectivity index (χ0v) is 29.6. The molecule has 1 aliphatic heterocycles.